The van der Waals surface area contributed by atoms with E-state index in [1.165, 1.54) is 24.6 Å². The molecular formula is C14H17N5S. The quantitative estimate of drug-likeness (QED) is 0.694. The van der Waals surface area contributed by atoms with Crippen molar-refractivity contribution in [1.82, 2.24) is 15.0 Å². The summed E-state index contributed by atoms with van der Waals surface area (Å²) in [4.78, 5) is 14.8. The predicted molar refractivity (Wildman–Crippen MR) is 81.2 cm³/mol. The zero-order valence-corrected chi connectivity index (χ0v) is 12.5. The van der Waals surface area contributed by atoms with Crippen LogP contribution in [0.15, 0.2) is 5.16 Å². The standard InChI is InChI=1S/C14H17N5S/c1-3-10-9(8-15)11-12(16-10)17-14(20-2)18-13(11)19-6-4-5-7-19/h3-7H2,1-2H3,(H,16,17,18). The Balaban J connectivity index is 2.29. The van der Waals surface area contributed by atoms with Gasteiger partial charge in [0.05, 0.1) is 10.9 Å². The number of aromatic nitrogens is 3. The highest BCUT2D eigenvalue weighted by molar-refractivity contribution is 7.98. The van der Waals surface area contributed by atoms with Gasteiger partial charge in [0.15, 0.2) is 5.16 Å². The zero-order chi connectivity index (χ0) is 14.1. The van der Waals surface area contributed by atoms with Crippen molar-refractivity contribution in [1.29, 1.82) is 5.26 Å². The number of aryl methyl sites for hydroxylation is 1. The maximum absolute atomic E-state index is 9.48. The van der Waals surface area contributed by atoms with E-state index in [4.69, 9.17) is 0 Å². The first-order valence-corrected chi connectivity index (χ1v) is 8.12. The van der Waals surface area contributed by atoms with Gasteiger partial charge < -0.3 is 9.88 Å². The van der Waals surface area contributed by atoms with Gasteiger partial charge in [0.1, 0.15) is 17.5 Å². The van der Waals surface area contributed by atoms with Crippen LogP contribution in [0.1, 0.15) is 31.0 Å². The second-order valence-corrected chi connectivity index (χ2v) is 5.67. The van der Waals surface area contributed by atoms with Crippen molar-refractivity contribution < 1.29 is 0 Å². The minimum atomic E-state index is 0.706. The molecule has 6 heteroatoms. The van der Waals surface area contributed by atoms with Crippen LogP contribution in [0.5, 0.6) is 0 Å². The van der Waals surface area contributed by atoms with E-state index in [9.17, 15) is 5.26 Å². The molecule has 2 aromatic heterocycles. The van der Waals surface area contributed by atoms with Gasteiger partial charge in [0.25, 0.3) is 0 Å². The van der Waals surface area contributed by atoms with Crippen LogP contribution < -0.4 is 4.90 Å². The molecule has 1 aliphatic heterocycles. The van der Waals surface area contributed by atoms with Crippen LogP contribution in [0.4, 0.5) is 5.82 Å². The van der Waals surface area contributed by atoms with E-state index >= 15 is 0 Å². The summed E-state index contributed by atoms with van der Waals surface area (Å²) in [6, 6.07) is 2.33. The fraction of sp³-hybridized carbons (Fsp3) is 0.500. The number of thioether (sulfide) groups is 1. The van der Waals surface area contributed by atoms with Crippen molar-refractivity contribution in [3.8, 4) is 6.07 Å². The molecule has 1 fully saturated rings. The average Bonchev–Trinajstić information content (AvgIpc) is 3.12. The topological polar surface area (TPSA) is 68.6 Å². The van der Waals surface area contributed by atoms with Crippen molar-refractivity contribution in [2.24, 2.45) is 0 Å². The van der Waals surface area contributed by atoms with Gasteiger partial charge in [-0.15, -0.1) is 0 Å². The van der Waals surface area contributed by atoms with Crippen LogP contribution in [0.25, 0.3) is 11.0 Å². The number of anilines is 1. The van der Waals surface area contributed by atoms with Crippen molar-refractivity contribution in [3.63, 3.8) is 0 Å². The number of nitriles is 1. The molecule has 5 nitrogen and oxygen atoms in total. The predicted octanol–water partition coefficient (Wildman–Crippen LogP) is 2.71. The van der Waals surface area contributed by atoms with E-state index in [0.29, 0.717) is 5.56 Å². The van der Waals surface area contributed by atoms with Gasteiger partial charge >= 0.3 is 0 Å². The van der Waals surface area contributed by atoms with E-state index < -0.39 is 0 Å². The number of fused-ring (bicyclic) bond motifs is 1. The molecule has 0 atom stereocenters. The second-order valence-electron chi connectivity index (χ2n) is 4.90. The second kappa shape index (κ2) is 5.33. The summed E-state index contributed by atoms with van der Waals surface area (Å²) in [7, 11) is 0. The molecule has 1 N–H and O–H groups in total. The van der Waals surface area contributed by atoms with Crippen molar-refractivity contribution >= 4 is 28.6 Å². The smallest absolute Gasteiger partial charge is 0.191 e. The lowest BCUT2D eigenvalue weighted by Crippen LogP contribution is -2.20. The van der Waals surface area contributed by atoms with Crippen molar-refractivity contribution in [3.05, 3.63) is 11.3 Å². The van der Waals surface area contributed by atoms with E-state index in [0.717, 1.165) is 47.2 Å². The zero-order valence-electron chi connectivity index (χ0n) is 11.7. The Morgan fingerprint density at radius 2 is 2.10 bits per heavy atom. The van der Waals surface area contributed by atoms with E-state index in [1.807, 2.05) is 13.2 Å². The number of H-pyrrole nitrogens is 1. The minimum absolute atomic E-state index is 0.706. The number of hydrogen-bond donors (Lipinski definition) is 1. The molecule has 0 unspecified atom stereocenters. The Morgan fingerprint density at radius 1 is 1.35 bits per heavy atom. The van der Waals surface area contributed by atoms with Crippen molar-refractivity contribution in [2.45, 2.75) is 31.3 Å². The molecule has 2 aromatic rings. The highest BCUT2D eigenvalue weighted by Crippen LogP contribution is 2.32. The molecule has 0 radical (unpaired) electrons. The Hall–Kier alpha value is -1.74. The summed E-state index contributed by atoms with van der Waals surface area (Å²) < 4.78 is 0. The molecule has 1 aliphatic rings. The fourth-order valence-corrected chi connectivity index (χ4v) is 3.10. The van der Waals surface area contributed by atoms with Gasteiger partial charge in [-0.1, -0.05) is 18.7 Å². The SMILES string of the molecule is CCc1[nH]c2nc(SC)nc(N3CCCC3)c2c1C#N. The summed E-state index contributed by atoms with van der Waals surface area (Å²) in [5.41, 5.74) is 2.45. The Bertz CT molecular complexity index is 679. The molecule has 0 aromatic carbocycles. The highest BCUT2D eigenvalue weighted by atomic mass is 32.2. The number of hydrogen-bond acceptors (Lipinski definition) is 5. The van der Waals surface area contributed by atoms with Gasteiger partial charge in [-0.3, -0.25) is 0 Å². The molecule has 20 heavy (non-hydrogen) atoms. The molecule has 0 spiro atoms. The molecule has 0 aliphatic carbocycles. The van der Waals surface area contributed by atoms with E-state index in [-0.39, 0.29) is 0 Å². The van der Waals surface area contributed by atoms with Crippen LogP contribution in [0.2, 0.25) is 0 Å². The third kappa shape index (κ3) is 2.02. The summed E-state index contributed by atoms with van der Waals surface area (Å²) in [5, 5.41) is 11.1. The van der Waals surface area contributed by atoms with Gasteiger partial charge in [-0.05, 0) is 25.5 Å². The summed E-state index contributed by atoms with van der Waals surface area (Å²) in [6.07, 6.45) is 5.15. The lowest BCUT2D eigenvalue weighted by Gasteiger charge is -2.17. The minimum Gasteiger partial charge on any atom is -0.356 e. The first-order valence-electron chi connectivity index (χ1n) is 6.90. The third-order valence-electron chi connectivity index (χ3n) is 3.74. The van der Waals surface area contributed by atoms with Gasteiger partial charge in [-0.25, -0.2) is 9.97 Å². The lowest BCUT2D eigenvalue weighted by molar-refractivity contribution is 0.897. The van der Waals surface area contributed by atoms with Crippen LogP contribution >= 0.6 is 11.8 Å². The first kappa shape index (κ1) is 13.3. The van der Waals surface area contributed by atoms with Crippen LogP contribution in [-0.2, 0) is 6.42 Å². The Kier molecular flexibility index (Phi) is 3.53. The summed E-state index contributed by atoms with van der Waals surface area (Å²) >= 11 is 1.54. The number of rotatable bonds is 3. The van der Waals surface area contributed by atoms with E-state index in [1.54, 1.807) is 0 Å². The Morgan fingerprint density at radius 3 is 2.70 bits per heavy atom. The van der Waals surface area contributed by atoms with Gasteiger partial charge in [-0.2, -0.15) is 5.26 Å². The molecule has 104 valence electrons. The number of aromatic amines is 1. The van der Waals surface area contributed by atoms with E-state index in [2.05, 4.69) is 25.9 Å². The number of nitrogens with one attached hydrogen (secondary N) is 1. The molecule has 3 rings (SSSR count). The van der Waals surface area contributed by atoms with Crippen LogP contribution in [-0.4, -0.2) is 34.3 Å². The largest absolute Gasteiger partial charge is 0.356 e. The highest BCUT2D eigenvalue weighted by Gasteiger charge is 2.23. The fourth-order valence-electron chi connectivity index (χ4n) is 2.74. The van der Waals surface area contributed by atoms with Crippen molar-refractivity contribution in [2.75, 3.05) is 24.2 Å². The normalized spacial score (nSPS) is 14.9. The Labute approximate surface area is 122 Å². The maximum Gasteiger partial charge on any atom is 0.191 e. The monoisotopic (exact) mass is 287 g/mol. The maximum atomic E-state index is 9.48. The molecule has 0 bridgehead atoms. The average molecular weight is 287 g/mol. The van der Waals surface area contributed by atoms with Crippen LogP contribution in [0, 0.1) is 11.3 Å². The number of nitrogens with zero attached hydrogens (tertiary/aromatic N) is 4. The van der Waals surface area contributed by atoms with Gasteiger partial charge in [0.2, 0.25) is 0 Å². The summed E-state index contributed by atoms with van der Waals surface area (Å²) in [5.74, 6) is 0.921. The molecule has 1 saturated heterocycles. The lowest BCUT2D eigenvalue weighted by atomic mass is 10.1. The summed E-state index contributed by atoms with van der Waals surface area (Å²) in [6.45, 7) is 4.07. The molecule has 0 saturated carbocycles. The third-order valence-corrected chi connectivity index (χ3v) is 4.29. The van der Waals surface area contributed by atoms with Gasteiger partial charge in [0, 0.05) is 18.8 Å². The first-order chi connectivity index (χ1) is 9.78. The molecule has 0 amide bonds. The van der Waals surface area contributed by atoms with Crippen LogP contribution in [0.3, 0.4) is 0 Å². The molecular weight excluding hydrogens is 270 g/mol. The molecule has 3 heterocycles.